The lowest BCUT2D eigenvalue weighted by molar-refractivity contribution is -0.161. The second-order valence-corrected chi connectivity index (χ2v) is 31.0. The maximum Gasteiger partial charge on any atom is 0.472 e. The highest BCUT2D eigenvalue weighted by Crippen LogP contribution is 2.45. The summed E-state index contributed by atoms with van der Waals surface area (Å²) >= 11 is 0. The van der Waals surface area contributed by atoms with Crippen LogP contribution < -0.4 is 0 Å². The average molecular weight is 1420 g/mol. The molecule has 0 heterocycles. The highest BCUT2D eigenvalue weighted by Gasteiger charge is 2.30. The third kappa shape index (κ3) is 72.2. The van der Waals surface area contributed by atoms with Crippen LogP contribution in [0.15, 0.2) is 0 Å². The first-order chi connectivity index (χ1) is 47.2. The van der Waals surface area contributed by atoms with Crippen molar-refractivity contribution in [3.8, 4) is 0 Å². The number of esters is 4. The molecular formula is C78H152O17P2. The smallest absolute Gasteiger partial charge is 0.462 e. The van der Waals surface area contributed by atoms with E-state index in [1.807, 2.05) is 0 Å². The average Bonchev–Trinajstić information content (AvgIpc) is 1.08. The second kappa shape index (κ2) is 72.4. The zero-order valence-electron chi connectivity index (χ0n) is 63.1. The number of unbranched alkanes of at least 4 members (excludes halogenated alkanes) is 53. The van der Waals surface area contributed by atoms with Crippen LogP contribution in [0.2, 0.25) is 0 Å². The summed E-state index contributed by atoms with van der Waals surface area (Å²) in [7, 11) is -9.91. The van der Waals surface area contributed by atoms with Crippen LogP contribution in [0.3, 0.4) is 0 Å². The van der Waals surface area contributed by atoms with E-state index in [1.54, 1.807) is 0 Å². The van der Waals surface area contributed by atoms with Crippen LogP contribution >= 0.6 is 15.6 Å². The van der Waals surface area contributed by atoms with E-state index in [4.69, 9.17) is 37.0 Å². The van der Waals surface area contributed by atoms with Crippen LogP contribution in [-0.4, -0.2) is 96.7 Å². The summed E-state index contributed by atoms with van der Waals surface area (Å²) in [6, 6.07) is 0. The molecule has 0 aromatic carbocycles. The molecule has 0 aliphatic carbocycles. The molecule has 0 rings (SSSR count). The Morgan fingerprint density at radius 3 is 0.608 bits per heavy atom. The van der Waals surface area contributed by atoms with E-state index in [2.05, 4.69) is 27.7 Å². The van der Waals surface area contributed by atoms with Gasteiger partial charge in [-0.05, 0) is 25.7 Å². The molecule has 17 nitrogen and oxygen atoms in total. The predicted molar refractivity (Wildman–Crippen MR) is 395 cm³/mol. The Labute approximate surface area is 594 Å². The van der Waals surface area contributed by atoms with Gasteiger partial charge in [0.05, 0.1) is 26.4 Å². The summed E-state index contributed by atoms with van der Waals surface area (Å²) < 4.78 is 68.5. The molecule has 0 bridgehead atoms. The third-order valence-electron chi connectivity index (χ3n) is 18.4. The summed E-state index contributed by atoms with van der Waals surface area (Å²) in [6.07, 6.45) is 64.0. The van der Waals surface area contributed by atoms with Gasteiger partial charge >= 0.3 is 39.5 Å². The fraction of sp³-hybridized carbons (Fsp3) is 0.949. The SMILES string of the molecule is CCCCCCCCCCCCCCCCCCCCCCC(=O)O[C@H](COC(=O)CCCCCCCCCCCCCCCCCCC)COP(=O)(O)OC[C@@H](O)COP(=O)(O)OC[C@@H](COC(=O)CCCCCCCCC)OC(=O)CCCCCCCCCCCCCCC. The number of carbonyl (C=O) groups excluding carboxylic acids is 4. The van der Waals surface area contributed by atoms with Crippen molar-refractivity contribution in [3.05, 3.63) is 0 Å². The zero-order chi connectivity index (χ0) is 71.1. The minimum atomic E-state index is -4.96. The summed E-state index contributed by atoms with van der Waals surface area (Å²) in [5.74, 6) is -2.11. The van der Waals surface area contributed by atoms with Crippen LogP contribution in [0.25, 0.3) is 0 Å². The first-order valence-electron chi connectivity index (χ1n) is 40.8. The molecule has 0 amide bonds. The Kier molecular flexibility index (Phi) is 71.0. The molecule has 97 heavy (non-hydrogen) atoms. The van der Waals surface area contributed by atoms with Crippen molar-refractivity contribution < 1.29 is 80.2 Å². The lowest BCUT2D eigenvalue weighted by Crippen LogP contribution is -2.30. The van der Waals surface area contributed by atoms with Gasteiger partial charge in [0, 0.05) is 25.7 Å². The van der Waals surface area contributed by atoms with E-state index in [-0.39, 0.29) is 25.7 Å². The fourth-order valence-electron chi connectivity index (χ4n) is 12.1. The lowest BCUT2D eigenvalue weighted by atomic mass is 10.0. The zero-order valence-corrected chi connectivity index (χ0v) is 64.8. The maximum atomic E-state index is 13.1. The van der Waals surface area contributed by atoms with Crippen molar-refractivity contribution >= 4 is 39.5 Å². The minimum absolute atomic E-state index is 0.108. The first kappa shape index (κ1) is 95.1. The number of ether oxygens (including phenoxy) is 4. The molecule has 0 aliphatic rings. The molecule has 5 atom stereocenters. The van der Waals surface area contributed by atoms with E-state index in [0.717, 1.165) is 103 Å². The summed E-state index contributed by atoms with van der Waals surface area (Å²) in [5.41, 5.74) is 0. The highest BCUT2D eigenvalue weighted by molar-refractivity contribution is 7.47. The van der Waals surface area contributed by atoms with Crippen LogP contribution in [0.4, 0.5) is 0 Å². The van der Waals surface area contributed by atoms with Gasteiger partial charge in [0.15, 0.2) is 12.2 Å². The fourth-order valence-corrected chi connectivity index (χ4v) is 13.7. The number of phosphoric ester groups is 2. The van der Waals surface area contributed by atoms with Crippen molar-refractivity contribution in [3.63, 3.8) is 0 Å². The molecule has 2 unspecified atom stereocenters. The van der Waals surface area contributed by atoms with Crippen LogP contribution in [0, 0.1) is 0 Å². The number of aliphatic hydroxyl groups is 1. The lowest BCUT2D eigenvalue weighted by Gasteiger charge is -2.21. The highest BCUT2D eigenvalue weighted by atomic mass is 31.2. The van der Waals surface area contributed by atoms with Gasteiger partial charge in [0.1, 0.15) is 19.3 Å². The molecule has 19 heteroatoms. The summed E-state index contributed by atoms with van der Waals surface area (Å²) in [6.45, 7) is 4.97. The molecule has 0 saturated heterocycles. The van der Waals surface area contributed by atoms with E-state index in [9.17, 15) is 43.2 Å². The minimum Gasteiger partial charge on any atom is -0.462 e. The van der Waals surface area contributed by atoms with Crippen LogP contribution in [0.1, 0.15) is 419 Å². The van der Waals surface area contributed by atoms with Gasteiger partial charge in [-0.3, -0.25) is 37.3 Å². The molecule has 0 saturated carbocycles. The molecule has 0 aromatic heterocycles. The van der Waals surface area contributed by atoms with Gasteiger partial charge in [0.2, 0.25) is 0 Å². The van der Waals surface area contributed by atoms with Gasteiger partial charge in [-0.1, -0.05) is 368 Å². The van der Waals surface area contributed by atoms with Crippen molar-refractivity contribution in [2.45, 2.75) is 438 Å². The molecule has 0 radical (unpaired) electrons. The number of hydrogen-bond donors (Lipinski definition) is 3. The topological polar surface area (TPSA) is 237 Å². The van der Waals surface area contributed by atoms with E-state index >= 15 is 0 Å². The third-order valence-corrected chi connectivity index (χ3v) is 20.3. The molecule has 0 fully saturated rings. The van der Waals surface area contributed by atoms with Gasteiger partial charge < -0.3 is 33.8 Å². The molecule has 576 valence electrons. The van der Waals surface area contributed by atoms with Crippen molar-refractivity contribution in [2.24, 2.45) is 0 Å². The van der Waals surface area contributed by atoms with Crippen molar-refractivity contribution in [2.75, 3.05) is 39.6 Å². The number of hydrogen-bond acceptors (Lipinski definition) is 15. The largest absolute Gasteiger partial charge is 0.472 e. The van der Waals surface area contributed by atoms with E-state index < -0.39 is 97.5 Å². The predicted octanol–water partition coefficient (Wildman–Crippen LogP) is 23.4. The Balaban J connectivity index is 5.17. The normalized spacial score (nSPS) is 13.8. The van der Waals surface area contributed by atoms with Gasteiger partial charge in [-0.2, -0.15) is 0 Å². The quantitative estimate of drug-likeness (QED) is 0.0222. The summed E-state index contributed by atoms with van der Waals surface area (Å²) in [4.78, 5) is 72.7. The summed E-state index contributed by atoms with van der Waals surface area (Å²) in [5, 5.41) is 10.6. The number of aliphatic hydroxyl groups excluding tert-OH is 1. The second-order valence-electron chi connectivity index (χ2n) is 28.1. The molecule has 0 spiro atoms. The van der Waals surface area contributed by atoms with Gasteiger partial charge in [0.25, 0.3) is 0 Å². The number of carbonyl (C=O) groups is 4. The van der Waals surface area contributed by atoms with Crippen LogP contribution in [-0.2, 0) is 65.4 Å². The van der Waals surface area contributed by atoms with Crippen molar-refractivity contribution in [1.82, 2.24) is 0 Å². The van der Waals surface area contributed by atoms with Gasteiger partial charge in [-0.25, -0.2) is 9.13 Å². The Hall–Kier alpha value is -1.94. The Bertz CT molecular complexity index is 1840. The standard InChI is InChI=1S/C78H152O17P2/c1-5-9-13-17-21-24-27-30-32-34-35-36-38-40-43-46-49-53-57-61-65-78(83)95-74(69-89-76(81)63-59-55-51-47-44-42-39-37-33-31-28-25-22-18-14-10-6-2)71-93-97(86,87)91-67-72(79)66-90-96(84,85)92-70-73(68-88-75(80)62-58-54-50-20-16-12-8-4)94-77(82)64-60-56-52-48-45-41-29-26-23-19-15-11-7-3/h72-74,79H,5-71H2,1-4H3,(H,84,85)(H,86,87)/t72-,73+,74+/m0/s1. The molecular weight excluding hydrogens is 1270 g/mol. The first-order valence-corrected chi connectivity index (χ1v) is 43.8. The molecule has 0 aliphatic heterocycles. The Morgan fingerprint density at radius 2 is 0.412 bits per heavy atom. The Morgan fingerprint density at radius 1 is 0.247 bits per heavy atom. The number of phosphoric acid groups is 2. The van der Waals surface area contributed by atoms with E-state index in [0.29, 0.717) is 25.7 Å². The van der Waals surface area contributed by atoms with Gasteiger partial charge in [-0.15, -0.1) is 0 Å². The van der Waals surface area contributed by atoms with E-state index in [1.165, 1.54) is 238 Å². The maximum absolute atomic E-state index is 13.1. The molecule has 3 N–H and O–H groups in total. The molecule has 0 aromatic rings. The van der Waals surface area contributed by atoms with Crippen molar-refractivity contribution in [1.29, 1.82) is 0 Å². The van der Waals surface area contributed by atoms with Crippen LogP contribution in [0.5, 0.6) is 0 Å². The number of rotatable bonds is 79. The monoisotopic (exact) mass is 1420 g/mol.